The molecule has 0 aliphatic rings. The average Bonchev–Trinajstić information content (AvgIpc) is 2.99. The summed E-state index contributed by atoms with van der Waals surface area (Å²) in [5, 5.41) is 5.57. The second-order valence-electron chi connectivity index (χ2n) is 8.27. The minimum Gasteiger partial charge on any atom is -0.496 e. The Hall–Kier alpha value is -4.70. The first-order valence-electron chi connectivity index (χ1n) is 12.6. The smallest absolute Gasteiger partial charge is 0.330 e. The number of benzene rings is 3. The summed E-state index contributed by atoms with van der Waals surface area (Å²) in [5.41, 5.74) is 1.38. The number of hydrogen-bond acceptors (Lipinski definition) is 8. The van der Waals surface area contributed by atoms with Gasteiger partial charge in [-0.1, -0.05) is 30.3 Å². The van der Waals surface area contributed by atoms with Crippen molar-refractivity contribution in [1.82, 2.24) is 5.32 Å². The Morgan fingerprint density at radius 1 is 0.854 bits per heavy atom. The zero-order valence-corrected chi connectivity index (χ0v) is 24.1. The van der Waals surface area contributed by atoms with Crippen molar-refractivity contribution >= 4 is 41.3 Å². The molecule has 0 heterocycles. The maximum Gasteiger partial charge on any atom is 0.330 e. The fourth-order valence-electron chi connectivity index (χ4n) is 3.60. The standard InChI is InChI=1S/C31H32N2O7S/c1-5-40-29(34)15-10-16-41-24-14-9-13-23(19-24)32-31(36)25(33-30(35)21-11-7-6-8-12-21)17-22-18-27(38-3)28(39-4)20-26(22)37-2/h6-15,17-20H,5,16H2,1-4H3,(H,32,36)(H,33,35)/b15-10+,25-17+. The fourth-order valence-corrected chi connectivity index (χ4v) is 4.37. The number of thioether (sulfide) groups is 1. The lowest BCUT2D eigenvalue weighted by molar-refractivity contribution is -0.137. The number of anilines is 1. The molecule has 3 aromatic carbocycles. The Kier molecular flexibility index (Phi) is 11.9. The monoisotopic (exact) mass is 576 g/mol. The molecule has 0 fully saturated rings. The highest BCUT2D eigenvalue weighted by molar-refractivity contribution is 7.99. The van der Waals surface area contributed by atoms with E-state index in [1.165, 1.54) is 45.2 Å². The largest absolute Gasteiger partial charge is 0.496 e. The van der Waals surface area contributed by atoms with Gasteiger partial charge in [-0.15, -0.1) is 11.8 Å². The molecule has 3 aromatic rings. The number of methoxy groups -OCH3 is 3. The Labute approximate surface area is 243 Å². The van der Waals surface area contributed by atoms with Crippen LogP contribution in [0.1, 0.15) is 22.8 Å². The summed E-state index contributed by atoms with van der Waals surface area (Å²) in [7, 11) is 4.50. The van der Waals surface area contributed by atoms with E-state index in [-0.39, 0.29) is 5.70 Å². The van der Waals surface area contributed by atoms with Gasteiger partial charge in [-0.05, 0) is 49.4 Å². The predicted molar refractivity (Wildman–Crippen MR) is 160 cm³/mol. The van der Waals surface area contributed by atoms with E-state index in [1.807, 2.05) is 6.07 Å². The predicted octanol–water partition coefficient (Wildman–Crippen LogP) is 5.33. The number of carbonyl (C=O) groups excluding carboxylic acids is 3. The van der Waals surface area contributed by atoms with E-state index in [0.717, 1.165) is 4.90 Å². The van der Waals surface area contributed by atoms with Gasteiger partial charge in [0.05, 0.1) is 27.9 Å². The summed E-state index contributed by atoms with van der Waals surface area (Å²) in [5.74, 6) is 0.434. The van der Waals surface area contributed by atoms with Gasteiger partial charge in [-0.3, -0.25) is 9.59 Å². The second kappa shape index (κ2) is 15.8. The van der Waals surface area contributed by atoms with Crippen LogP contribution in [-0.4, -0.2) is 51.5 Å². The molecule has 10 heteroatoms. The highest BCUT2D eigenvalue weighted by atomic mass is 32.2. The van der Waals surface area contributed by atoms with Crippen molar-refractivity contribution in [2.75, 3.05) is 39.0 Å². The minimum absolute atomic E-state index is 0.0141. The van der Waals surface area contributed by atoms with Crippen molar-refractivity contribution in [3.63, 3.8) is 0 Å². The van der Waals surface area contributed by atoms with Gasteiger partial charge >= 0.3 is 5.97 Å². The molecule has 214 valence electrons. The van der Waals surface area contributed by atoms with Crippen molar-refractivity contribution in [2.24, 2.45) is 0 Å². The van der Waals surface area contributed by atoms with Crippen molar-refractivity contribution in [3.05, 3.63) is 95.7 Å². The van der Waals surface area contributed by atoms with Crippen molar-refractivity contribution in [3.8, 4) is 17.2 Å². The number of amides is 2. The molecule has 41 heavy (non-hydrogen) atoms. The van der Waals surface area contributed by atoms with Crippen LogP contribution in [0.15, 0.2) is 89.5 Å². The van der Waals surface area contributed by atoms with E-state index >= 15 is 0 Å². The molecule has 0 aromatic heterocycles. The summed E-state index contributed by atoms with van der Waals surface area (Å²) in [6.45, 7) is 2.07. The van der Waals surface area contributed by atoms with Crippen molar-refractivity contribution < 1.29 is 33.3 Å². The zero-order chi connectivity index (χ0) is 29.6. The third kappa shape index (κ3) is 9.18. The van der Waals surface area contributed by atoms with E-state index in [4.69, 9.17) is 18.9 Å². The highest BCUT2D eigenvalue weighted by Gasteiger charge is 2.18. The first-order valence-corrected chi connectivity index (χ1v) is 13.6. The second-order valence-corrected chi connectivity index (χ2v) is 9.37. The quantitative estimate of drug-likeness (QED) is 0.160. The Morgan fingerprint density at radius 3 is 2.24 bits per heavy atom. The minimum atomic E-state index is -0.546. The van der Waals surface area contributed by atoms with Crippen LogP contribution in [0, 0.1) is 0 Å². The molecule has 2 amide bonds. The first-order chi connectivity index (χ1) is 19.9. The van der Waals surface area contributed by atoms with Crippen molar-refractivity contribution in [1.29, 1.82) is 0 Å². The van der Waals surface area contributed by atoms with Gasteiger partial charge in [0.25, 0.3) is 11.8 Å². The number of carbonyl (C=O) groups is 3. The lowest BCUT2D eigenvalue weighted by atomic mass is 10.1. The van der Waals surface area contributed by atoms with Crippen LogP contribution in [0.25, 0.3) is 6.08 Å². The molecular formula is C31H32N2O7S. The summed E-state index contributed by atoms with van der Waals surface area (Å²) >= 11 is 1.48. The molecule has 0 atom stereocenters. The topological polar surface area (TPSA) is 112 Å². The zero-order valence-electron chi connectivity index (χ0n) is 23.3. The summed E-state index contributed by atoms with van der Waals surface area (Å²) < 4.78 is 21.1. The lowest BCUT2D eigenvalue weighted by Crippen LogP contribution is -2.30. The summed E-state index contributed by atoms with van der Waals surface area (Å²) in [6, 6.07) is 19.1. The van der Waals surface area contributed by atoms with Gasteiger partial charge in [0, 0.05) is 39.6 Å². The molecule has 0 aliphatic heterocycles. The summed E-state index contributed by atoms with van der Waals surface area (Å²) in [6.07, 6.45) is 4.61. The van der Waals surface area contributed by atoms with Gasteiger partial charge in [0.2, 0.25) is 0 Å². The van der Waals surface area contributed by atoms with Crippen LogP contribution < -0.4 is 24.8 Å². The molecular weight excluding hydrogens is 544 g/mol. The van der Waals surface area contributed by atoms with Gasteiger partial charge in [0.15, 0.2) is 11.5 Å². The van der Waals surface area contributed by atoms with E-state index < -0.39 is 17.8 Å². The Balaban J connectivity index is 1.88. The van der Waals surface area contributed by atoms with E-state index in [1.54, 1.807) is 73.7 Å². The van der Waals surface area contributed by atoms with Crippen LogP contribution in [0.2, 0.25) is 0 Å². The van der Waals surface area contributed by atoms with Gasteiger partial charge in [0.1, 0.15) is 11.4 Å². The number of ether oxygens (including phenoxy) is 4. The third-order valence-corrected chi connectivity index (χ3v) is 6.49. The van der Waals surface area contributed by atoms with Crippen LogP contribution >= 0.6 is 11.8 Å². The molecule has 0 radical (unpaired) electrons. The third-order valence-electron chi connectivity index (χ3n) is 5.54. The molecule has 3 rings (SSSR count). The molecule has 0 aliphatic carbocycles. The highest BCUT2D eigenvalue weighted by Crippen LogP contribution is 2.35. The van der Waals surface area contributed by atoms with Gasteiger partial charge in [-0.25, -0.2) is 4.79 Å². The SMILES string of the molecule is CCOC(=O)/C=C/CSc1cccc(NC(=O)/C(=C\c2cc(OC)c(OC)cc2OC)NC(=O)c2ccccc2)c1. The average molecular weight is 577 g/mol. The number of nitrogens with one attached hydrogen (secondary N) is 2. The Bertz CT molecular complexity index is 1420. The Morgan fingerprint density at radius 2 is 1.56 bits per heavy atom. The van der Waals surface area contributed by atoms with Crippen LogP contribution in [-0.2, 0) is 14.3 Å². The fraction of sp³-hybridized carbons (Fsp3) is 0.194. The molecule has 0 saturated heterocycles. The first kappa shape index (κ1) is 30.8. The van der Waals surface area contributed by atoms with Gasteiger partial charge in [-0.2, -0.15) is 0 Å². The van der Waals surface area contributed by atoms with Crippen LogP contribution in [0.4, 0.5) is 5.69 Å². The number of esters is 1. The van der Waals surface area contributed by atoms with E-state index in [0.29, 0.717) is 46.4 Å². The number of hydrogen-bond donors (Lipinski definition) is 2. The normalized spacial score (nSPS) is 11.1. The van der Waals surface area contributed by atoms with Crippen LogP contribution in [0.3, 0.4) is 0 Å². The molecule has 0 spiro atoms. The van der Waals surface area contributed by atoms with Gasteiger partial charge < -0.3 is 29.6 Å². The van der Waals surface area contributed by atoms with Crippen LogP contribution in [0.5, 0.6) is 17.2 Å². The van der Waals surface area contributed by atoms with E-state index in [9.17, 15) is 14.4 Å². The lowest BCUT2D eigenvalue weighted by Gasteiger charge is -2.15. The van der Waals surface area contributed by atoms with E-state index in [2.05, 4.69) is 10.6 Å². The molecule has 0 saturated carbocycles. The molecule has 2 N–H and O–H groups in total. The summed E-state index contributed by atoms with van der Waals surface area (Å²) in [4.78, 5) is 38.9. The van der Waals surface area contributed by atoms with Crippen molar-refractivity contribution in [2.45, 2.75) is 11.8 Å². The molecule has 9 nitrogen and oxygen atoms in total. The molecule has 0 bridgehead atoms. The maximum absolute atomic E-state index is 13.5. The molecule has 0 unspecified atom stereocenters. The number of rotatable bonds is 13. The maximum atomic E-state index is 13.5.